The molecule has 0 aliphatic carbocycles. The lowest BCUT2D eigenvalue weighted by molar-refractivity contribution is 0.593. The first-order chi connectivity index (χ1) is 9.73. The van der Waals surface area contributed by atoms with Gasteiger partial charge < -0.3 is 5.73 Å². The number of benzene rings is 2. The van der Waals surface area contributed by atoms with E-state index in [9.17, 15) is 12.8 Å². The summed E-state index contributed by atoms with van der Waals surface area (Å²) < 4.78 is 39.9. The van der Waals surface area contributed by atoms with Gasteiger partial charge in [-0.1, -0.05) is 6.07 Å². The summed E-state index contributed by atoms with van der Waals surface area (Å²) >= 11 is 0. The Kier molecular flexibility index (Phi) is 3.91. The maximum atomic E-state index is 13.3. The number of nitrogen functional groups attached to an aromatic ring is 1. The molecule has 0 unspecified atom stereocenters. The van der Waals surface area contributed by atoms with Crippen LogP contribution >= 0.6 is 0 Å². The van der Waals surface area contributed by atoms with Crippen molar-refractivity contribution in [1.29, 1.82) is 0 Å². The van der Waals surface area contributed by atoms with Crippen LogP contribution in [0, 0.1) is 19.7 Å². The molecule has 0 heterocycles. The smallest absolute Gasteiger partial charge is 0.264 e. The Bertz CT molecular complexity index is 765. The molecule has 6 heteroatoms. The molecule has 0 saturated heterocycles. The van der Waals surface area contributed by atoms with Gasteiger partial charge >= 0.3 is 0 Å². The van der Waals surface area contributed by atoms with Gasteiger partial charge in [0.15, 0.2) is 0 Å². The van der Waals surface area contributed by atoms with Crippen molar-refractivity contribution in [3.05, 3.63) is 53.3 Å². The van der Waals surface area contributed by atoms with Gasteiger partial charge in [-0.25, -0.2) is 12.8 Å². The van der Waals surface area contributed by atoms with Gasteiger partial charge in [-0.15, -0.1) is 0 Å². The number of sulfonamides is 1. The first-order valence-electron chi connectivity index (χ1n) is 6.34. The van der Waals surface area contributed by atoms with Gasteiger partial charge in [0.1, 0.15) is 5.82 Å². The van der Waals surface area contributed by atoms with Crippen LogP contribution in [0.1, 0.15) is 11.1 Å². The van der Waals surface area contributed by atoms with E-state index >= 15 is 0 Å². The van der Waals surface area contributed by atoms with Crippen LogP contribution < -0.4 is 10.0 Å². The molecule has 0 aliphatic rings. The van der Waals surface area contributed by atoms with Gasteiger partial charge in [0, 0.05) is 12.7 Å². The molecule has 0 spiro atoms. The molecule has 0 radical (unpaired) electrons. The Morgan fingerprint density at radius 2 is 1.67 bits per heavy atom. The minimum atomic E-state index is -3.78. The second-order valence-corrected chi connectivity index (χ2v) is 6.84. The van der Waals surface area contributed by atoms with E-state index in [-0.39, 0.29) is 10.6 Å². The fourth-order valence-corrected chi connectivity index (χ4v) is 3.93. The van der Waals surface area contributed by atoms with Crippen LogP contribution in [0.5, 0.6) is 0 Å². The molecule has 0 atom stereocenters. The van der Waals surface area contributed by atoms with E-state index in [1.54, 1.807) is 32.0 Å². The molecule has 4 nitrogen and oxygen atoms in total. The molecule has 0 fully saturated rings. The van der Waals surface area contributed by atoms with Gasteiger partial charge in [0.05, 0.1) is 10.6 Å². The summed E-state index contributed by atoms with van der Waals surface area (Å²) in [7, 11) is -2.37. The zero-order valence-corrected chi connectivity index (χ0v) is 12.9. The van der Waals surface area contributed by atoms with Crippen LogP contribution in [0.25, 0.3) is 0 Å². The van der Waals surface area contributed by atoms with Crippen LogP contribution in [-0.2, 0) is 10.0 Å². The zero-order valence-electron chi connectivity index (χ0n) is 12.1. The molecule has 0 aromatic heterocycles. The summed E-state index contributed by atoms with van der Waals surface area (Å²) in [5.41, 5.74) is 7.63. The van der Waals surface area contributed by atoms with Crippen LogP contribution in [0.3, 0.4) is 0 Å². The van der Waals surface area contributed by atoms with E-state index < -0.39 is 15.8 Å². The molecule has 112 valence electrons. The number of rotatable bonds is 3. The standard InChI is InChI=1S/C15H17FN2O2S/c1-10-7-13(17)8-11(2)15(10)21(19,20)18(3)14-6-4-5-12(16)9-14/h4-9H,17H2,1-3H3. The first kappa shape index (κ1) is 15.3. The maximum Gasteiger partial charge on any atom is 0.264 e. The van der Waals surface area contributed by atoms with Gasteiger partial charge in [-0.05, 0) is 55.3 Å². The fourth-order valence-electron chi connectivity index (χ4n) is 2.34. The Morgan fingerprint density at radius 1 is 1.10 bits per heavy atom. The fraction of sp³-hybridized carbons (Fsp3) is 0.200. The highest BCUT2D eigenvalue weighted by Gasteiger charge is 2.25. The summed E-state index contributed by atoms with van der Waals surface area (Å²) in [6.45, 7) is 3.38. The predicted molar refractivity (Wildman–Crippen MR) is 82.3 cm³/mol. The van der Waals surface area contributed by atoms with Crippen molar-refractivity contribution in [3.8, 4) is 0 Å². The molecule has 2 aromatic rings. The molecule has 0 amide bonds. The molecular formula is C15H17FN2O2S. The van der Waals surface area contributed by atoms with Crippen molar-refractivity contribution in [3.63, 3.8) is 0 Å². The van der Waals surface area contributed by atoms with E-state index in [1.165, 1.54) is 25.2 Å². The Hall–Kier alpha value is -2.08. The normalized spacial score (nSPS) is 11.4. The average molecular weight is 308 g/mol. The molecule has 0 saturated carbocycles. The highest BCUT2D eigenvalue weighted by atomic mass is 32.2. The van der Waals surface area contributed by atoms with Gasteiger partial charge in [-0.2, -0.15) is 0 Å². The van der Waals surface area contributed by atoms with E-state index in [1.807, 2.05) is 0 Å². The van der Waals surface area contributed by atoms with Crippen molar-refractivity contribution in [1.82, 2.24) is 0 Å². The minimum Gasteiger partial charge on any atom is -0.399 e. The lowest BCUT2D eigenvalue weighted by Gasteiger charge is -2.22. The van der Waals surface area contributed by atoms with Crippen molar-refractivity contribution < 1.29 is 12.8 Å². The lowest BCUT2D eigenvalue weighted by Crippen LogP contribution is -2.28. The third-order valence-corrected chi connectivity index (χ3v) is 5.36. The Morgan fingerprint density at radius 3 is 2.19 bits per heavy atom. The summed E-state index contributed by atoms with van der Waals surface area (Å²) in [4.78, 5) is 0.198. The number of aryl methyl sites for hydroxylation is 2. The molecule has 0 bridgehead atoms. The largest absolute Gasteiger partial charge is 0.399 e. The molecule has 2 N–H and O–H groups in total. The predicted octanol–water partition coefficient (Wildman–Crippen LogP) is 2.85. The summed E-state index contributed by atoms with van der Waals surface area (Å²) in [6.07, 6.45) is 0. The van der Waals surface area contributed by atoms with Crippen LogP contribution in [0.2, 0.25) is 0 Å². The summed E-state index contributed by atoms with van der Waals surface area (Å²) in [5, 5.41) is 0. The second-order valence-electron chi connectivity index (χ2n) is 4.94. The first-order valence-corrected chi connectivity index (χ1v) is 7.78. The number of nitrogens with zero attached hydrogens (tertiary/aromatic N) is 1. The third-order valence-electron chi connectivity index (χ3n) is 3.27. The number of anilines is 2. The molecule has 21 heavy (non-hydrogen) atoms. The summed E-state index contributed by atoms with van der Waals surface area (Å²) in [6, 6.07) is 8.68. The molecule has 2 aromatic carbocycles. The summed E-state index contributed by atoms with van der Waals surface area (Å²) in [5.74, 6) is -0.486. The number of nitrogens with two attached hydrogens (primary N) is 1. The Labute approximate surface area is 124 Å². The zero-order chi connectivity index (χ0) is 15.8. The van der Waals surface area contributed by atoms with Gasteiger partial charge in [-0.3, -0.25) is 4.31 Å². The maximum absolute atomic E-state index is 13.3. The van der Waals surface area contributed by atoms with Crippen LogP contribution in [0.15, 0.2) is 41.3 Å². The lowest BCUT2D eigenvalue weighted by atomic mass is 10.1. The molecular weight excluding hydrogens is 291 g/mol. The van der Waals surface area contributed by atoms with Crippen LogP contribution in [0.4, 0.5) is 15.8 Å². The van der Waals surface area contributed by atoms with Crippen molar-refractivity contribution in [2.45, 2.75) is 18.7 Å². The second kappa shape index (κ2) is 5.37. The van der Waals surface area contributed by atoms with Crippen molar-refractivity contribution >= 4 is 21.4 Å². The van der Waals surface area contributed by atoms with Gasteiger partial charge in [0.25, 0.3) is 10.0 Å². The van der Waals surface area contributed by atoms with E-state index in [4.69, 9.17) is 5.73 Å². The number of halogens is 1. The number of hydrogen-bond acceptors (Lipinski definition) is 3. The third kappa shape index (κ3) is 2.85. The van der Waals surface area contributed by atoms with E-state index in [0.29, 0.717) is 16.8 Å². The van der Waals surface area contributed by atoms with E-state index in [2.05, 4.69) is 0 Å². The van der Waals surface area contributed by atoms with Crippen LogP contribution in [-0.4, -0.2) is 15.5 Å². The average Bonchev–Trinajstić information content (AvgIpc) is 2.36. The SMILES string of the molecule is Cc1cc(N)cc(C)c1S(=O)(=O)N(C)c1cccc(F)c1. The topological polar surface area (TPSA) is 63.4 Å². The number of hydrogen-bond donors (Lipinski definition) is 1. The monoisotopic (exact) mass is 308 g/mol. The highest BCUT2D eigenvalue weighted by molar-refractivity contribution is 7.92. The molecule has 2 rings (SSSR count). The van der Waals surface area contributed by atoms with E-state index in [0.717, 1.165) is 4.31 Å². The minimum absolute atomic E-state index is 0.198. The highest BCUT2D eigenvalue weighted by Crippen LogP contribution is 2.28. The van der Waals surface area contributed by atoms with Crippen molar-refractivity contribution in [2.75, 3.05) is 17.1 Å². The van der Waals surface area contributed by atoms with Crippen molar-refractivity contribution in [2.24, 2.45) is 0 Å². The Balaban J connectivity index is 2.57. The van der Waals surface area contributed by atoms with Gasteiger partial charge in [0.2, 0.25) is 0 Å². The quantitative estimate of drug-likeness (QED) is 0.887. The molecule has 0 aliphatic heterocycles.